The smallest absolute Gasteiger partial charge is 0.261 e. The van der Waals surface area contributed by atoms with Gasteiger partial charge in [0.2, 0.25) is 0 Å². The quantitative estimate of drug-likeness (QED) is 0.314. The lowest BCUT2D eigenvalue weighted by Crippen LogP contribution is -2.39. The number of aromatic nitrogens is 1. The fourth-order valence-corrected chi connectivity index (χ4v) is 6.29. The molecule has 0 unspecified atom stereocenters. The van der Waals surface area contributed by atoms with Gasteiger partial charge in [-0.25, -0.2) is 4.99 Å². The van der Waals surface area contributed by atoms with Gasteiger partial charge in [-0.15, -0.1) is 11.8 Å². The van der Waals surface area contributed by atoms with Crippen molar-refractivity contribution in [3.05, 3.63) is 75.1 Å². The summed E-state index contributed by atoms with van der Waals surface area (Å²) in [5.74, 6) is 2.24. The highest BCUT2D eigenvalue weighted by Gasteiger charge is 2.35. The minimum atomic E-state index is -0.0486. The van der Waals surface area contributed by atoms with Gasteiger partial charge in [0.25, 0.3) is 5.91 Å². The molecule has 9 heteroatoms. The number of amides is 1. The van der Waals surface area contributed by atoms with E-state index in [4.69, 9.17) is 32.7 Å². The topological polar surface area (TPSA) is 58.7 Å². The maximum Gasteiger partial charge on any atom is 0.261 e. The van der Waals surface area contributed by atoms with Crippen LogP contribution in [0.3, 0.4) is 0 Å². The van der Waals surface area contributed by atoms with E-state index in [1.165, 1.54) is 0 Å². The van der Waals surface area contributed by atoms with Crippen molar-refractivity contribution in [2.75, 3.05) is 5.75 Å². The molecular weight excluding hydrogens is 497 g/mol. The van der Waals surface area contributed by atoms with Crippen LogP contribution in [0, 0.1) is 13.8 Å². The zero-order chi connectivity index (χ0) is 23.5. The van der Waals surface area contributed by atoms with E-state index < -0.39 is 0 Å². The molecule has 3 aromatic rings. The molecule has 0 radical (unpaired) electrons. The van der Waals surface area contributed by atoms with E-state index in [1.54, 1.807) is 41.7 Å². The zero-order valence-corrected chi connectivity index (χ0v) is 21.6. The average molecular weight is 521 g/mol. The summed E-state index contributed by atoms with van der Waals surface area (Å²) in [7, 11) is 0. The molecule has 1 atom stereocenters. The minimum Gasteiger partial charge on any atom is -0.361 e. The zero-order valence-electron chi connectivity index (χ0n) is 18.5. The number of carbonyl (C=O) groups is 1. The number of aryl methyl sites for hydroxylation is 2. The summed E-state index contributed by atoms with van der Waals surface area (Å²) < 4.78 is 5.28. The Morgan fingerprint density at radius 1 is 1.24 bits per heavy atom. The highest BCUT2D eigenvalue weighted by Crippen LogP contribution is 2.35. The van der Waals surface area contributed by atoms with Crippen molar-refractivity contribution in [1.29, 1.82) is 0 Å². The van der Waals surface area contributed by atoms with E-state index in [-0.39, 0.29) is 11.9 Å². The third kappa shape index (κ3) is 5.27. The van der Waals surface area contributed by atoms with E-state index in [1.807, 2.05) is 43.0 Å². The predicted molar refractivity (Wildman–Crippen MR) is 138 cm³/mol. The van der Waals surface area contributed by atoms with Gasteiger partial charge in [0.1, 0.15) is 5.76 Å². The van der Waals surface area contributed by atoms with Crippen LogP contribution in [0.4, 0.5) is 5.69 Å². The van der Waals surface area contributed by atoms with Crippen LogP contribution in [0.2, 0.25) is 10.0 Å². The molecule has 1 aliphatic rings. The Bertz CT molecular complexity index is 1190. The van der Waals surface area contributed by atoms with Crippen molar-refractivity contribution in [2.45, 2.75) is 43.9 Å². The Kier molecular flexibility index (Phi) is 7.74. The summed E-state index contributed by atoms with van der Waals surface area (Å²) in [6.45, 7) is 5.93. The van der Waals surface area contributed by atoms with Gasteiger partial charge < -0.3 is 4.52 Å². The summed E-state index contributed by atoms with van der Waals surface area (Å²) in [6.07, 6.45) is 0.841. The Hall–Kier alpha value is -1.93. The number of halogens is 2. The van der Waals surface area contributed by atoms with Gasteiger partial charge in [0, 0.05) is 28.0 Å². The molecule has 2 aromatic carbocycles. The molecule has 0 aliphatic carbocycles. The van der Waals surface area contributed by atoms with E-state index >= 15 is 0 Å². The van der Waals surface area contributed by atoms with Gasteiger partial charge >= 0.3 is 0 Å². The maximum atomic E-state index is 13.8. The van der Waals surface area contributed by atoms with E-state index in [0.717, 1.165) is 34.1 Å². The molecule has 5 nitrogen and oxygen atoms in total. The van der Waals surface area contributed by atoms with E-state index in [0.29, 0.717) is 32.2 Å². The molecule has 2 heterocycles. The number of amidine groups is 1. The van der Waals surface area contributed by atoms with Crippen LogP contribution in [0.25, 0.3) is 0 Å². The van der Waals surface area contributed by atoms with Gasteiger partial charge in [-0.05, 0) is 50.6 Å². The SMILES string of the molecule is CC[C@@H]1CSC(=Nc2ccc(Cl)c(Cl)c2)N1C(=O)c1ccccc1SCc1c(C)noc1C. The van der Waals surface area contributed by atoms with Gasteiger partial charge in [-0.2, -0.15) is 0 Å². The van der Waals surface area contributed by atoms with E-state index in [9.17, 15) is 4.79 Å². The molecule has 0 N–H and O–H groups in total. The number of benzene rings is 2. The molecule has 172 valence electrons. The highest BCUT2D eigenvalue weighted by molar-refractivity contribution is 8.14. The van der Waals surface area contributed by atoms with Crippen LogP contribution >= 0.6 is 46.7 Å². The Morgan fingerprint density at radius 3 is 2.73 bits per heavy atom. The van der Waals surface area contributed by atoms with Crippen LogP contribution < -0.4 is 0 Å². The van der Waals surface area contributed by atoms with Crippen molar-refractivity contribution in [2.24, 2.45) is 4.99 Å². The van der Waals surface area contributed by atoms with Gasteiger partial charge in [0.15, 0.2) is 5.17 Å². The lowest BCUT2D eigenvalue weighted by Gasteiger charge is -2.24. The Labute approximate surface area is 211 Å². The van der Waals surface area contributed by atoms with Crippen molar-refractivity contribution in [3.63, 3.8) is 0 Å². The van der Waals surface area contributed by atoms with Crippen LogP contribution in [0.1, 0.15) is 40.7 Å². The van der Waals surface area contributed by atoms with Gasteiger partial charge in [-0.3, -0.25) is 9.69 Å². The molecule has 0 spiro atoms. The Balaban J connectivity index is 1.63. The molecule has 0 bridgehead atoms. The van der Waals surface area contributed by atoms with E-state index in [2.05, 4.69) is 12.1 Å². The van der Waals surface area contributed by atoms with Crippen LogP contribution in [-0.4, -0.2) is 32.9 Å². The normalized spacial score (nSPS) is 17.2. The molecule has 0 saturated carbocycles. The van der Waals surface area contributed by atoms with Crippen molar-refractivity contribution in [3.8, 4) is 0 Å². The fourth-order valence-electron chi connectivity index (χ4n) is 3.53. The minimum absolute atomic E-state index is 0.0486. The van der Waals surface area contributed by atoms with Crippen LogP contribution in [-0.2, 0) is 5.75 Å². The summed E-state index contributed by atoms with van der Waals surface area (Å²) in [6, 6.07) is 13.0. The van der Waals surface area contributed by atoms with Gasteiger partial charge in [-0.1, -0.05) is 59.2 Å². The number of hydrogen-bond donors (Lipinski definition) is 0. The molecule has 1 fully saturated rings. The highest BCUT2D eigenvalue weighted by atomic mass is 35.5. The van der Waals surface area contributed by atoms with Gasteiger partial charge in [0.05, 0.1) is 27.0 Å². The monoisotopic (exact) mass is 519 g/mol. The number of rotatable bonds is 6. The van der Waals surface area contributed by atoms with Crippen molar-refractivity contribution >= 4 is 63.5 Å². The van der Waals surface area contributed by atoms with Crippen LogP contribution in [0.15, 0.2) is 56.9 Å². The molecule has 1 aromatic heterocycles. The number of thioether (sulfide) groups is 2. The predicted octanol–water partition coefficient (Wildman–Crippen LogP) is 7.55. The first-order valence-electron chi connectivity index (χ1n) is 10.5. The lowest BCUT2D eigenvalue weighted by atomic mass is 10.1. The largest absolute Gasteiger partial charge is 0.361 e. The number of nitrogens with zero attached hydrogens (tertiary/aromatic N) is 3. The first-order chi connectivity index (χ1) is 15.9. The molecule has 1 aliphatic heterocycles. The number of carbonyl (C=O) groups excluding carboxylic acids is 1. The fraction of sp³-hybridized carbons (Fsp3) is 0.292. The van der Waals surface area contributed by atoms with Crippen molar-refractivity contribution in [1.82, 2.24) is 10.1 Å². The number of aliphatic imine (C=N–C) groups is 1. The summed E-state index contributed by atoms with van der Waals surface area (Å²) in [4.78, 5) is 21.3. The molecular formula is C24H23Cl2N3O2S2. The lowest BCUT2D eigenvalue weighted by molar-refractivity contribution is 0.0816. The first-order valence-corrected chi connectivity index (χ1v) is 13.3. The summed E-state index contributed by atoms with van der Waals surface area (Å²) >= 11 is 15.4. The maximum absolute atomic E-state index is 13.8. The first kappa shape index (κ1) is 24.2. The second kappa shape index (κ2) is 10.6. The average Bonchev–Trinajstić information content (AvgIpc) is 3.36. The van der Waals surface area contributed by atoms with Crippen LogP contribution in [0.5, 0.6) is 0 Å². The molecule has 1 saturated heterocycles. The molecule has 4 rings (SSSR count). The third-order valence-electron chi connectivity index (χ3n) is 5.46. The van der Waals surface area contributed by atoms with Crippen molar-refractivity contribution < 1.29 is 9.32 Å². The molecule has 1 amide bonds. The third-order valence-corrected chi connectivity index (χ3v) is 8.40. The molecule has 33 heavy (non-hydrogen) atoms. The second-order valence-corrected chi connectivity index (χ2v) is 10.4. The standard InChI is InChI=1S/C24H23Cl2N3O2S2/c1-4-17-12-33-24(27-16-9-10-20(25)21(26)11-16)29(17)23(30)18-7-5-6-8-22(18)32-13-19-14(2)28-31-15(19)3/h5-11,17H,4,12-13H2,1-3H3/t17-/m1/s1. The second-order valence-electron chi connectivity index (χ2n) is 7.63. The summed E-state index contributed by atoms with van der Waals surface area (Å²) in [5.41, 5.74) is 3.27. The summed E-state index contributed by atoms with van der Waals surface area (Å²) in [5, 5.41) is 5.62. The number of hydrogen-bond acceptors (Lipinski definition) is 6. The Morgan fingerprint density at radius 2 is 2.03 bits per heavy atom.